The Hall–Kier alpha value is -2.14. The average Bonchev–Trinajstić information content (AvgIpc) is 2.42. The Morgan fingerprint density at radius 3 is 2.60 bits per heavy atom. The van der Waals surface area contributed by atoms with Crippen molar-refractivity contribution in [1.82, 2.24) is 0 Å². The van der Waals surface area contributed by atoms with Crippen LogP contribution in [0.5, 0.6) is 11.5 Å². The van der Waals surface area contributed by atoms with Gasteiger partial charge in [-0.1, -0.05) is 17.7 Å². The minimum absolute atomic E-state index is 0.00470. The zero-order valence-electron chi connectivity index (χ0n) is 10.3. The molecule has 0 fully saturated rings. The molecule has 0 aliphatic heterocycles. The fourth-order valence-electron chi connectivity index (χ4n) is 1.55. The molecule has 0 unspecified atom stereocenters. The second kappa shape index (κ2) is 5.88. The number of para-hydroxylation sites is 1. The highest BCUT2D eigenvalue weighted by Gasteiger charge is 2.17. The van der Waals surface area contributed by atoms with E-state index in [-0.39, 0.29) is 22.1 Å². The molecule has 0 aromatic heterocycles. The predicted octanol–water partition coefficient (Wildman–Crippen LogP) is 4.20. The Kier molecular flexibility index (Phi) is 4.20. The molecule has 0 saturated carbocycles. The SMILES string of the molecule is COC(=O)c1ccc(F)cc1Oc1c(F)cccc1Cl. The zero-order valence-corrected chi connectivity index (χ0v) is 11.1. The number of hydrogen-bond donors (Lipinski definition) is 0. The van der Waals surface area contributed by atoms with Crippen LogP contribution in [0.15, 0.2) is 36.4 Å². The van der Waals surface area contributed by atoms with Crippen molar-refractivity contribution in [1.29, 1.82) is 0 Å². The summed E-state index contributed by atoms with van der Waals surface area (Å²) >= 11 is 5.81. The molecule has 2 rings (SSSR count). The van der Waals surface area contributed by atoms with Gasteiger partial charge in [-0.05, 0) is 24.3 Å². The Morgan fingerprint density at radius 1 is 1.20 bits per heavy atom. The van der Waals surface area contributed by atoms with E-state index in [1.165, 1.54) is 25.3 Å². The lowest BCUT2D eigenvalue weighted by Gasteiger charge is -2.11. The van der Waals surface area contributed by atoms with E-state index in [0.29, 0.717) is 0 Å². The summed E-state index contributed by atoms with van der Waals surface area (Å²) in [5.41, 5.74) is -0.0341. The van der Waals surface area contributed by atoms with Crippen LogP contribution in [0.3, 0.4) is 0 Å². The molecule has 104 valence electrons. The number of methoxy groups -OCH3 is 1. The molecule has 0 spiro atoms. The number of rotatable bonds is 3. The number of carbonyl (C=O) groups is 1. The van der Waals surface area contributed by atoms with Crippen molar-refractivity contribution in [2.24, 2.45) is 0 Å². The molecule has 2 aromatic rings. The van der Waals surface area contributed by atoms with Crippen LogP contribution in [-0.2, 0) is 4.74 Å². The van der Waals surface area contributed by atoms with Crippen LogP contribution in [0, 0.1) is 11.6 Å². The fraction of sp³-hybridized carbons (Fsp3) is 0.0714. The Balaban J connectivity index is 2.47. The summed E-state index contributed by atoms with van der Waals surface area (Å²) in [5, 5.41) is 0.00470. The zero-order chi connectivity index (χ0) is 14.7. The highest BCUT2D eigenvalue weighted by atomic mass is 35.5. The molecular formula is C14H9ClF2O3. The maximum atomic E-state index is 13.6. The fourth-order valence-corrected chi connectivity index (χ4v) is 1.75. The van der Waals surface area contributed by atoms with E-state index in [0.717, 1.165) is 18.2 Å². The van der Waals surface area contributed by atoms with Gasteiger partial charge in [0, 0.05) is 6.07 Å². The van der Waals surface area contributed by atoms with E-state index < -0.39 is 17.6 Å². The summed E-state index contributed by atoms with van der Waals surface area (Å²) in [6.07, 6.45) is 0. The molecule has 0 heterocycles. The Bertz CT molecular complexity index is 639. The third kappa shape index (κ3) is 2.88. The van der Waals surface area contributed by atoms with Crippen LogP contribution < -0.4 is 4.74 Å². The number of esters is 1. The summed E-state index contributed by atoms with van der Waals surface area (Å²) < 4.78 is 36.7. The molecule has 20 heavy (non-hydrogen) atoms. The number of carbonyl (C=O) groups excluding carboxylic acids is 1. The van der Waals surface area contributed by atoms with E-state index in [2.05, 4.69) is 4.74 Å². The van der Waals surface area contributed by atoms with Gasteiger partial charge in [0.05, 0.1) is 12.1 Å². The number of halogens is 3. The highest BCUT2D eigenvalue weighted by Crippen LogP contribution is 2.34. The predicted molar refractivity (Wildman–Crippen MR) is 69.2 cm³/mol. The van der Waals surface area contributed by atoms with Crippen molar-refractivity contribution < 1.29 is 23.0 Å². The van der Waals surface area contributed by atoms with Gasteiger partial charge in [-0.15, -0.1) is 0 Å². The topological polar surface area (TPSA) is 35.5 Å². The lowest BCUT2D eigenvalue weighted by atomic mass is 10.2. The molecule has 2 aromatic carbocycles. The molecule has 0 N–H and O–H groups in total. The van der Waals surface area contributed by atoms with Gasteiger partial charge in [-0.25, -0.2) is 13.6 Å². The van der Waals surface area contributed by atoms with Crippen LogP contribution in [-0.4, -0.2) is 13.1 Å². The quantitative estimate of drug-likeness (QED) is 0.797. The van der Waals surface area contributed by atoms with Crippen molar-refractivity contribution in [3.05, 3.63) is 58.6 Å². The summed E-state index contributed by atoms with van der Waals surface area (Å²) in [5.74, 6) is -2.56. The normalized spacial score (nSPS) is 10.2. The minimum Gasteiger partial charge on any atom is -0.465 e. The summed E-state index contributed by atoms with van der Waals surface area (Å²) in [6.45, 7) is 0. The summed E-state index contributed by atoms with van der Waals surface area (Å²) in [6, 6.07) is 7.16. The van der Waals surface area contributed by atoms with Crippen molar-refractivity contribution in [2.75, 3.05) is 7.11 Å². The molecular weight excluding hydrogens is 290 g/mol. The van der Waals surface area contributed by atoms with Gasteiger partial charge in [-0.2, -0.15) is 0 Å². The van der Waals surface area contributed by atoms with E-state index in [1.807, 2.05) is 0 Å². The van der Waals surface area contributed by atoms with Gasteiger partial charge in [0.2, 0.25) is 0 Å². The third-order valence-corrected chi connectivity index (χ3v) is 2.78. The first-order chi connectivity index (χ1) is 9.52. The van der Waals surface area contributed by atoms with Gasteiger partial charge in [0.1, 0.15) is 17.1 Å². The number of benzene rings is 2. The van der Waals surface area contributed by atoms with Gasteiger partial charge >= 0.3 is 5.97 Å². The second-order valence-electron chi connectivity index (χ2n) is 3.78. The van der Waals surface area contributed by atoms with Crippen molar-refractivity contribution in [3.8, 4) is 11.5 Å². The monoisotopic (exact) mass is 298 g/mol. The van der Waals surface area contributed by atoms with Crippen molar-refractivity contribution >= 4 is 17.6 Å². The molecule has 0 aliphatic carbocycles. The Morgan fingerprint density at radius 2 is 1.95 bits per heavy atom. The number of hydrogen-bond acceptors (Lipinski definition) is 3. The van der Waals surface area contributed by atoms with Gasteiger partial charge < -0.3 is 9.47 Å². The molecule has 0 amide bonds. The standard InChI is InChI=1S/C14H9ClF2O3/c1-19-14(18)9-6-5-8(16)7-12(9)20-13-10(15)3-2-4-11(13)17/h2-7H,1H3. The van der Waals surface area contributed by atoms with Crippen LogP contribution in [0.4, 0.5) is 8.78 Å². The average molecular weight is 299 g/mol. The molecule has 3 nitrogen and oxygen atoms in total. The molecule has 0 bridgehead atoms. The van der Waals surface area contributed by atoms with Crippen molar-refractivity contribution in [2.45, 2.75) is 0 Å². The first-order valence-corrected chi connectivity index (χ1v) is 5.90. The van der Waals surface area contributed by atoms with E-state index in [1.54, 1.807) is 0 Å². The number of ether oxygens (including phenoxy) is 2. The van der Waals surface area contributed by atoms with Gasteiger partial charge in [-0.3, -0.25) is 0 Å². The third-order valence-electron chi connectivity index (χ3n) is 2.48. The molecule has 0 radical (unpaired) electrons. The van der Waals surface area contributed by atoms with Crippen LogP contribution in [0.2, 0.25) is 5.02 Å². The van der Waals surface area contributed by atoms with E-state index >= 15 is 0 Å². The summed E-state index contributed by atoms with van der Waals surface area (Å²) in [4.78, 5) is 11.6. The first-order valence-electron chi connectivity index (χ1n) is 5.52. The van der Waals surface area contributed by atoms with Crippen LogP contribution in [0.25, 0.3) is 0 Å². The first kappa shape index (κ1) is 14.3. The van der Waals surface area contributed by atoms with E-state index in [4.69, 9.17) is 16.3 Å². The molecule has 0 aliphatic rings. The lowest BCUT2D eigenvalue weighted by Crippen LogP contribution is -2.04. The maximum absolute atomic E-state index is 13.6. The lowest BCUT2D eigenvalue weighted by molar-refractivity contribution is 0.0597. The van der Waals surface area contributed by atoms with Gasteiger partial charge in [0.25, 0.3) is 0 Å². The van der Waals surface area contributed by atoms with Crippen LogP contribution >= 0.6 is 11.6 Å². The van der Waals surface area contributed by atoms with Crippen molar-refractivity contribution in [3.63, 3.8) is 0 Å². The van der Waals surface area contributed by atoms with E-state index in [9.17, 15) is 13.6 Å². The highest BCUT2D eigenvalue weighted by molar-refractivity contribution is 6.32. The van der Waals surface area contributed by atoms with Crippen LogP contribution in [0.1, 0.15) is 10.4 Å². The Labute approximate surface area is 118 Å². The largest absolute Gasteiger partial charge is 0.465 e. The molecule has 0 saturated heterocycles. The maximum Gasteiger partial charge on any atom is 0.341 e. The molecule has 0 atom stereocenters. The smallest absolute Gasteiger partial charge is 0.341 e. The molecule has 6 heteroatoms. The minimum atomic E-state index is -0.729. The summed E-state index contributed by atoms with van der Waals surface area (Å²) in [7, 11) is 1.17. The van der Waals surface area contributed by atoms with Gasteiger partial charge in [0.15, 0.2) is 11.6 Å². The second-order valence-corrected chi connectivity index (χ2v) is 4.19.